The Labute approximate surface area is 756 Å². The molecule has 7 aliphatic carbocycles. The van der Waals surface area contributed by atoms with Crippen LogP contribution in [0.15, 0.2) is 171 Å². The minimum Gasteiger partial charge on any atom is -0.103 e. The van der Waals surface area contributed by atoms with Gasteiger partial charge in [0.25, 0.3) is 0 Å². The maximum absolute atomic E-state index is 3.80. The first-order chi connectivity index (χ1) is 59.0. The van der Waals surface area contributed by atoms with Crippen LogP contribution in [-0.4, -0.2) is 0 Å². The topological polar surface area (TPSA) is 0 Å². The Morgan fingerprint density at radius 2 is 0.358 bits per heavy atom. The van der Waals surface area contributed by atoms with Crippen molar-refractivity contribution in [3.8, 4) is 0 Å². The minimum absolute atomic E-state index is 0.892. The molecule has 0 unspecified atom stereocenters. The molecule has 0 aliphatic heterocycles. The normalized spacial score (nSPS) is 25.8. The summed E-state index contributed by atoms with van der Waals surface area (Å²) in [5.41, 5.74) is 0. The van der Waals surface area contributed by atoms with E-state index in [2.05, 4.69) is 261 Å². The predicted molar refractivity (Wildman–Crippen MR) is 552 cm³/mol. The number of hydrogen-bond acceptors (Lipinski definition) is 0. The molecule has 0 nitrogen and oxygen atoms in total. The summed E-state index contributed by atoms with van der Waals surface area (Å²) in [6, 6.07) is 0. The summed E-state index contributed by atoms with van der Waals surface area (Å²) in [5.74, 6) is 14.1. The van der Waals surface area contributed by atoms with E-state index in [1.165, 1.54) is 417 Å². The SMILES string of the molecule is C/C=C/CCC1CCC(/C=C/CC)CC1.C/C=C/CCC1CCC(CC/C=C/C)CC1.C/C=C/CCC1CCC(CC/C=C/CC)CC1.C/C=C/CCC1CCC(CC/C=C/CCC)CC1.C/C=C/CCC1CCC(CC/C=C/CCCC)CC1.C/C=C/CCC1CCC(CC/C=C/CCCCC)CC1.C=CCCC1CCC(CC/C=C/C)CC1. The molecule has 0 heterocycles. The Morgan fingerprint density at radius 3 is 0.558 bits per heavy atom. The second-order valence-corrected chi connectivity index (χ2v) is 39.0. The second kappa shape index (κ2) is 88.8. The first-order valence-corrected chi connectivity index (χ1v) is 53.8. The summed E-state index contributed by atoms with van der Waals surface area (Å²) in [7, 11) is 0. The fourth-order valence-electron chi connectivity index (χ4n) is 20.5. The zero-order chi connectivity index (χ0) is 87.1. The van der Waals surface area contributed by atoms with Crippen LogP contribution >= 0.6 is 0 Å². The van der Waals surface area contributed by atoms with E-state index in [0.29, 0.717) is 0 Å². The Hall–Kier alpha value is -3.64. The van der Waals surface area contributed by atoms with E-state index in [1.807, 2.05) is 0 Å². The van der Waals surface area contributed by atoms with Gasteiger partial charge in [-0.3, -0.25) is 0 Å². The molecule has 120 heavy (non-hydrogen) atoms. The molecule has 0 amide bonds. The van der Waals surface area contributed by atoms with Crippen LogP contribution in [-0.2, 0) is 0 Å². The summed E-state index contributed by atoms with van der Waals surface area (Å²) < 4.78 is 0. The van der Waals surface area contributed by atoms with Gasteiger partial charge >= 0.3 is 0 Å². The fraction of sp³-hybridized carbons (Fsp3) is 0.767. The molecule has 0 aromatic heterocycles. The number of unbranched alkanes of at least 4 members (excludes halogenated alkanes) is 6. The Balaban J connectivity index is 0.000000702. The monoisotopic (exact) mass is 1650 g/mol. The highest BCUT2D eigenvalue weighted by molar-refractivity contribution is 4.94. The van der Waals surface area contributed by atoms with Gasteiger partial charge in [0.1, 0.15) is 0 Å². The molecule has 7 saturated carbocycles. The fourth-order valence-corrected chi connectivity index (χ4v) is 20.5. The minimum atomic E-state index is 0.892. The molecule has 7 fully saturated rings. The standard InChI is InChI=1S/C20H36.C19H34.C18H32.C17H30.C16H28.2C15H26/c1-3-5-7-8-9-10-12-14-20-17-15-19(16-18-20)13-11-6-4-2;1-3-5-7-8-9-11-13-19-16-14-18(15-17-19)12-10-6-4-2;1-3-5-7-8-10-12-18-15-13-17(14-16-18)11-9-6-4-2;1-3-5-7-9-11-17-14-12-16(13-15-17)10-8-6-4-2;1-3-5-7-9-15-11-13-16(14-12-15)10-8-6-4-2;2*1-3-5-7-9-15-12-10-14(11-13-15)8-6-4-2/h4,6,9-10,19-20H,3,5,7-8,11-18H2,1-2H3;4,6,8-9,18-19H,3,5,7,10-17H2,1-2H3;4,6-8,17-18H,3,5,9-16H2,1-2H3;4-7,16-17H,3,8-15H2,1-2H3;3-6,15-16H,7-14H2,1-2H3;3,5-6,8,14-15H,4,7,9-13H2,1-2H3;3-5,14-15H,2,6-13H2,1H3/b6-4+,10-9+;6-4+,9-8+;6-4+,8-7+;6-4+,7-5+;5-3+,6-4+;5-3+,8-6+;5-3+. The lowest BCUT2D eigenvalue weighted by molar-refractivity contribution is 0.255. The van der Waals surface area contributed by atoms with Gasteiger partial charge in [0, 0.05) is 0 Å². The number of hydrogen-bond donors (Lipinski definition) is 0. The quantitative estimate of drug-likeness (QED) is 0.0421. The van der Waals surface area contributed by atoms with E-state index in [0.717, 1.165) is 82.9 Å². The Kier molecular flexibility index (Phi) is 84.6. The van der Waals surface area contributed by atoms with Gasteiger partial charge in [0.05, 0.1) is 0 Å². The van der Waals surface area contributed by atoms with E-state index in [9.17, 15) is 0 Å². The molecular formula is C120H212. The van der Waals surface area contributed by atoms with Crippen molar-refractivity contribution in [1.82, 2.24) is 0 Å². The third-order valence-corrected chi connectivity index (χ3v) is 29.0. The van der Waals surface area contributed by atoms with Crippen LogP contribution in [0.5, 0.6) is 0 Å². The highest BCUT2D eigenvalue weighted by atomic mass is 14.3. The first-order valence-electron chi connectivity index (χ1n) is 53.8. The summed E-state index contributed by atoms with van der Waals surface area (Å²) >= 11 is 0. The molecular weight excluding hydrogens is 1440 g/mol. The molecule has 0 saturated heterocycles. The highest BCUT2D eigenvalue weighted by Gasteiger charge is 2.26. The van der Waals surface area contributed by atoms with Gasteiger partial charge in [-0.2, -0.15) is 0 Å². The lowest BCUT2D eigenvalue weighted by Crippen LogP contribution is -2.14. The van der Waals surface area contributed by atoms with E-state index < -0.39 is 0 Å². The van der Waals surface area contributed by atoms with Crippen LogP contribution < -0.4 is 0 Å². The first kappa shape index (κ1) is 114. The molecule has 0 radical (unpaired) electrons. The van der Waals surface area contributed by atoms with Gasteiger partial charge in [0.2, 0.25) is 0 Å². The summed E-state index contributed by atoms with van der Waals surface area (Å²) in [5, 5.41) is 0. The zero-order valence-corrected chi connectivity index (χ0v) is 83.3. The largest absolute Gasteiger partial charge is 0.103 e. The van der Waals surface area contributed by atoms with Crippen LogP contribution in [0.4, 0.5) is 0 Å². The predicted octanol–water partition coefficient (Wildman–Crippen LogP) is 41.7. The van der Waals surface area contributed by atoms with Crippen molar-refractivity contribution in [3.05, 3.63) is 171 Å². The average molecular weight is 1660 g/mol. The number of rotatable bonds is 51. The summed E-state index contributed by atoms with van der Waals surface area (Å²) in [6.45, 7) is 32.0. The van der Waals surface area contributed by atoms with Crippen LogP contribution in [0.25, 0.3) is 0 Å². The smallest absolute Gasteiger partial charge is 0.0233 e. The van der Waals surface area contributed by atoms with Crippen molar-refractivity contribution in [2.45, 2.75) is 507 Å². The molecule has 0 atom stereocenters. The van der Waals surface area contributed by atoms with Crippen molar-refractivity contribution in [2.75, 3.05) is 0 Å². The van der Waals surface area contributed by atoms with Crippen molar-refractivity contribution >= 4 is 0 Å². The third kappa shape index (κ3) is 70.5. The van der Waals surface area contributed by atoms with Gasteiger partial charge < -0.3 is 0 Å². The van der Waals surface area contributed by atoms with Gasteiger partial charge in [0.15, 0.2) is 0 Å². The van der Waals surface area contributed by atoms with Crippen molar-refractivity contribution in [3.63, 3.8) is 0 Å². The van der Waals surface area contributed by atoms with Gasteiger partial charge in [-0.15, -0.1) is 6.58 Å². The summed E-state index contributed by atoms with van der Waals surface area (Å²) in [4.78, 5) is 0. The van der Waals surface area contributed by atoms with Gasteiger partial charge in [-0.25, -0.2) is 0 Å². The van der Waals surface area contributed by atoms with Crippen LogP contribution in [0.1, 0.15) is 507 Å². The van der Waals surface area contributed by atoms with E-state index in [4.69, 9.17) is 0 Å². The molecule has 0 bridgehead atoms. The van der Waals surface area contributed by atoms with Crippen LogP contribution in [0.3, 0.4) is 0 Å². The molecule has 7 aliphatic rings. The maximum atomic E-state index is 3.80. The molecule has 0 aromatic carbocycles. The highest BCUT2D eigenvalue weighted by Crippen LogP contribution is 2.40. The van der Waals surface area contributed by atoms with Gasteiger partial charge in [-0.1, -0.05) is 385 Å². The van der Waals surface area contributed by atoms with Gasteiger partial charge in [-0.05, 0) is 369 Å². The van der Waals surface area contributed by atoms with Crippen LogP contribution in [0, 0.1) is 82.9 Å². The molecule has 7 rings (SSSR count). The lowest BCUT2D eigenvalue weighted by Gasteiger charge is -2.28. The molecule has 0 spiro atoms. The van der Waals surface area contributed by atoms with E-state index in [1.54, 1.807) is 0 Å². The maximum Gasteiger partial charge on any atom is -0.0233 e. The van der Waals surface area contributed by atoms with E-state index >= 15 is 0 Å². The molecule has 0 aromatic rings. The Bertz CT molecular complexity index is 2470. The second-order valence-electron chi connectivity index (χ2n) is 39.0. The van der Waals surface area contributed by atoms with Crippen molar-refractivity contribution in [2.24, 2.45) is 82.9 Å². The van der Waals surface area contributed by atoms with E-state index in [-0.39, 0.29) is 0 Å². The lowest BCUT2D eigenvalue weighted by atomic mass is 9.78. The van der Waals surface area contributed by atoms with Crippen molar-refractivity contribution < 1.29 is 0 Å². The zero-order valence-electron chi connectivity index (χ0n) is 83.3. The molecule has 692 valence electrons. The molecule has 0 N–H and O–H groups in total. The van der Waals surface area contributed by atoms with Crippen LogP contribution in [0.2, 0.25) is 0 Å². The summed E-state index contributed by atoms with van der Waals surface area (Å²) in [6.07, 6.45) is 153. The molecule has 0 heteroatoms. The third-order valence-electron chi connectivity index (χ3n) is 29.0. The average Bonchev–Trinajstić information content (AvgIpc) is 0.958. The Morgan fingerprint density at radius 1 is 0.175 bits per heavy atom. The number of allylic oxidation sites excluding steroid dienone is 27. The van der Waals surface area contributed by atoms with Crippen molar-refractivity contribution in [1.29, 1.82) is 0 Å².